The van der Waals surface area contributed by atoms with Gasteiger partial charge in [-0.1, -0.05) is 34.1 Å². The van der Waals surface area contributed by atoms with Crippen molar-refractivity contribution < 1.29 is 4.79 Å². The normalized spacial score (nSPS) is 20.4. The number of nitrogens with one attached hydrogen (secondary N) is 1. The number of likely N-dealkylation sites (tertiary alicyclic amines) is 1. The van der Waals surface area contributed by atoms with Gasteiger partial charge < -0.3 is 9.88 Å². The first kappa shape index (κ1) is 10.8. The van der Waals surface area contributed by atoms with Gasteiger partial charge in [-0.15, -0.1) is 0 Å². The number of rotatable bonds is 2. The van der Waals surface area contributed by atoms with Crippen molar-refractivity contribution in [3.63, 3.8) is 0 Å². The number of alkyl halides is 1. The lowest BCUT2D eigenvalue weighted by Crippen LogP contribution is -2.24. The molecule has 1 aromatic carbocycles. The van der Waals surface area contributed by atoms with Crippen molar-refractivity contribution in [3.8, 4) is 0 Å². The van der Waals surface area contributed by atoms with Crippen LogP contribution in [-0.4, -0.2) is 27.2 Å². The van der Waals surface area contributed by atoms with Crippen LogP contribution in [0.25, 0.3) is 10.9 Å². The van der Waals surface area contributed by atoms with Crippen LogP contribution >= 0.6 is 15.9 Å². The van der Waals surface area contributed by atoms with Crippen molar-refractivity contribution in [2.75, 3.05) is 6.54 Å². The number of amides is 1. The Morgan fingerprint density at radius 2 is 2.24 bits per heavy atom. The van der Waals surface area contributed by atoms with Gasteiger partial charge in [0.2, 0.25) is 5.91 Å². The van der Waals surface area contributed by atoms with E-state index in [4.69, 9.17) is 0 Å². The Bertz CT molecular complexity index is 563. The molecule has 1 aromatic heterocycles. The highest BCUT2D eigenvalue weighted by atomic mass is 79.9. The Morgan fingerprint density at radius 3 is 3.00 bits per heavy atom. The molecule has 2 aromatic rings. The van der Waals surface area contributed by atoms with E-state index in [2.05, 4.69) is 33.0 Å². The fourth-order valence-electron chi connectivity index (χ4n) is 2.34. The summed E-state index contributed by atoms with van der Waals surface area (Å²) in [7, 11) is 0. The van der Waals surface area contributed by atoms with Crippen LogP contribution in [-0.2, 0) is 11.3 Å². The van der Waals surface area contributed by atoms with Gasteiger partial charge in [0, 0.05) is 41.4 Å². The second kappa shape index (κ2) is 4.18. The van der Waals surface area contributed by atoms with Crippen molar-refractivity contribution in [1.82, 2.24) is 9.88 Å². The highest BCUT2D eigenvalue weighted by molar-refractivity contribution is 9.09. The number of halogens is 1. The van der Waals surface area contributed by atoms with Crippen molar-refractivity contribution in [1.29, 1.82) is 0 Å². The average Bonchev–Trinajstić information content (AvgIpc) is 2.85. The van der Waals surface area contributed by atoms with Crippen molar-refractivity contribution >= 4 is 32.7 Å². The molecule has 1 N–H and O–H groups in total. The number of H-pyrrole nitrogens is 1. The Balaban J connectivity index is 1.88. The van der Waals surface area contributed by atoms with Crippen LogP contribution in [0.3, 0.4) is 0 Å². The number of fused-ring (bicyclic) bond motifs is 1. The molecule has 88 valence electrons. The zero-order chi connectivity index (χ0) is 11.8. The third-order valence-electron chi connectivity index (χ3n) is 3.20. The third kappa shape index (κ3) is 1.97. The molecule has 1 amide bonds. The molecule has 1 aliphatic rings. The predicted octanol–water partition coefficient (Wildman–Crippen LogP) is 2.66. The predicted molar refractivity (Wildman–Crippen MR) is 71.0 cm³/mol. The molecule has 1 aliphatic heterocycles. The van der Waals surface area contributed by atoms with Crippen molar-refractivity contribution in [2.24, 2.45) is 0 Å². The van der Waals surface area contributed by atoms with Gasteiger partial charge in [0.15, 0.2) is 0 Å². The van der Waals surface area contributed by atoms with E-state index < -0.39 is 0 Å². The first-order valence-electron chi connectivity index (χ1n) is 5.71. The van der Waals surface area contributed by atoms with Gasteiger partial charge in [-0.2, -0.15) is 0 Å². The molecule has 0 saturated carbocycles. The first-order chi connectivity index (χ1) is 8.24. The smallest absolute Gasteiger partial charge is 0.224 e. The minimum absolute atomic E-state index is 0.233. The minimum atomic E-state index is 0.233. The fraction of sp³-hybridized carbons (Fsp3) is 0.308. The lowest BCUT2D eigenvalue weighted by molar-refractivity contribution is -0.128. The van der Waals surface area contributed by atoms with Crippen LogP contribution in [0.5, 0.6) is 0 Å². The Kier molecular flexibility index (Phi) is 2.67. The number of nitrogens with zero attached hydrogens (tertiary/aromatic N) is 1. The van der Waals surface area contributed by atoms with E-state index in [1.54, 1.807) is 0 Å². The number of aromatic nitrogens is 1. The summed E-state index contributed by atoms with van der Waals surface area (Å²) in [6.07, 6.45) is 2.61. The molecule has 0 aliphatic carbocycles. The Morgan fingerprint density at radius 1 is 1.41 bits per heavy atom. The van der Waals surface area contributed by atoms with Crippen molar-refractivity contribution in [3.05, 3.63) is 36.0 Å². The van der Waals surface area contributed by atoms with E-state index in [1.807, 2.05) is 23.2 Å². The van der Waals surface area contributed by atoms with Gasteiger partial charge in [-0.3, -0.25) is 4.79 Å². The van der Waals surface area contributed by atoms with E-state index in [1.165, 1.54) is 10.9 Å². The van der Waals surface area contributed by atoms with E-state index in [0.717, 1.165) is 12.1 Å². The summed E-state index contributed by atoms with van der Waals surface area (Å²) >= 11 is 3.50. The number of aromatic amines is 1. The molecule has 17 heavy (non-hydrogen) atoms. The monoisotopic (exact) mass is 292 g/mol. The van der Waals surface area contributed by atoms with Crippen LogP contribution in [0.4, 0.5) is 0 Å². The molecule has 3 nitrogen and oxygen atoms in total. The Hall–Kier alpha value is -1.29. The third-order valence-corrected chi connectivity index (χ3v) is 3.82. The van der Waals surface area contributed by atoms with Gasteiger partial charge in [0.25, 0.3) is 0 Å². The maximum atomic E-state index is 11.7. The van der Waals surface area contributed by atoms with Gasteiger partial charge in [0.05, 0.1) is 0 Å². The molecule has 1 atom stereocenters. The molecule has 0 spiro atoms. The summed E-state index contributed by atoms with van der Waals surface area (Å²) in [6.45, 7) is 1.50. The lowest BCUT2D eigenvalue weighted by atomic mass is 10.1. The maximum Gasteiger partial charge on any atom is 0.224 e. The van der Waals surface area contributed by atoms with Gasteiger partial charge >= 0.3 is 0 Å². The lowest BCUT2D eigenvalue weighted by Gasteiger charge is -2.14. The largest absolute Gasteiger partial charge is 0.361 e. The molecule has 0 bridgehead atoms. The quantitative estimate of drug-likeness (QED) is 0.849. The molecule has 2 heterocycles. The SMILES string of the molecule is O=C1CC(Br)CN1Cc1c[nH]c2ccccc12. The number of benzene rings is 1. The van der Waals surface area contributed by atoms with Crippen molar-refractivity contribution in [2.45, 2.75) is 17.8 Å². The fourth-order valence-corrected chi connectivity index (χ4v) is 2.97. The number of carbonyl (C=O) groups is 1. The van der Waals surface area contributed by atoms with Crippen LogP contribution in [0.2, 0.25) is 0 Å². The molecule has 3 rings (SSSR count). The molecular formula is C13H13BrN2O. The van der Waals surface area contributed by atoms with E-state index in [-0.39, 0.29) is 5.91 Å². The summed E-state index contributed by atoms with van der Waals surface area (Å²) in [5.41, 5.74) is 2.32. The number of carbonyl (C=O) groups excluding carboxylic acids is 1. The molecule has 1 fully saturated rings. The van der Waals surface area contributed by atoms with Gasteiger partial charge in [0.1, 0.15) is 0 Å². The maximum absolute atomic E-state index is 11.7. The molecule has 0 radical (unpaired) electrons. The minimum Gasteiger partial charge on any atom is -0.361 e. The standard InChI is InChI=1S/C13H13BrN2O/c14-10-5-13(17)16(8-10)7-9-6-15-12-4-2-1-3-11(9)12/h1-4,6,10,15H,5,7-8H2. The molecular weight excluding hydrogens is 280 g/mol. The van der Waals surface area contributed by atoms with Gasteiger partial charge in [-0.05, 0) is 11.6 Å². The number of hydrogen-bond acceptors (Lipinski definition) is 1. The molecule has 4 heteroatoms. The summed E-state index contributed by atoms with van der Waals surface area (Å²) in [4.78, 5) is 17.2. The second-order valence-electron chi connectivity index (χ2n) is 4.44. The average molecular weight is 293 g/mol. The van der Waals surface area contributed by atoms with E-state index in [9.17, 15) is 4.79 Å². The van der Waals surface area contributed by atoms with E-state index >= 15 is 0 Å². The second-order valence-corrected chi connectivity index (χ2v) is 5.73. The summed E-state index contributed by atoms with van der Waals surface area (Å²) in [5, 5.41) is 1.21. The van der Waals surface area contributed by atoms with E-state index in [0.29, 0.717) is 17.8 Å². The van der Waals surface area contributed by atoms with Crippen LogP contribution in [0.15, 0.2) is 30.5 Å². The van der Waals surface area contributed by atoms with Gasteiger partial charge in [-0.25, -0.2) is 0 Å². The number of hydrogen-bond donors (Lipinski definition) is 1. The zero-order valence-corrected chi connectivity index (χ0v) is 10.9. The zero-order valence-electron chi connectivity index (χ0n) is 9.32. The first-order valence-corrected chi connectivity index (χ1v) is 6.62. The summed E-state index contributed by atoms with van der Waals surface area (Å²) in [6, 6.07) is 8.18. The molecule has 1 unspecified atom stereocenters. The van der Waals surface area contributed by atoms with Crippen LogP contribution in [0.1, 0.15) is 12.0 Å². The Labute approximate surface area is 108 Å². The number of para-hydroxylation sites is 1. The highest BCUT2D eigenvalue weighted by Gasteiger charge is 2.27. The van der Waals surface area contributed by atoms with Crippen LogP contribution < -0.4 is 0 Å². The van der Waals surface area contributed by atoms with Crippen LogP contribution in [0, 0.1) is 0 Å². The summed E-state index contributed by atoms with van der Waals surface area (Å²) < 4.78 is 0. The highest BCUT2D eigenvalue weighted by Crippen LogP contribution is 2.24. The summed E-state index contributed by atoms with van der Waals surface area (Å²) in [5.74, 6) is 0.233. The topological polar surface area (TPSA) is 36.1 Å². The molecule has 1 saturated heterocycles.